The average Bonchev–Trinajstić information content (AvgIpc) is 3.07. The fourth-order valence-electron chi connectivity index (χ4n) is 3.54. The summed E-state index contributed by atoms with van der Waals surface area (Å²) in [7, 11) is 0. The van der Waals surface area contributed by atoms with Crippen LogP contribution < -0.4 is 0 Å². The fraction of sp³-hybridized carbons (Fsp3) is 0.364. The zero-order chi connectivity index (χ0) is 18.1. The van der Waals surface area contributed by atoms with Crippen LogP contribution in [-0.2, 0) is 19.5 Å². The Morgan fingerprint density at radius 3 is 2.65 bits per heavy atom. The van der Waals surface area contributed by atoms with Gasteiger partial charge in [-0.2, -0.15) is 0 Å². The SMILES string of the molecule is Cc1cc(-c2nc(C(C)C)nc3c2CCN(Cc2ccccc2)C3)cs1. The lowest BCUT2D eigenvalue weighted by molar-refractivity contribution is 0.241. The molecule has 0 spiro atoms. The summed E-state index contributed by atoms with van der Waals surface area (Å²) in [6.45, 7) is 9.45. The van der Waals surface area contributed by atoms with Gasteiger partial charge in [0, 0.05) is 46.9 Å². The number of hydrogen-bond donors (Lipinski definition) is 0. The molecule has 4 heteroatoms. The number of thiophene rings is 1. The molecule has 1 aliphatic rings. The molecule has 1 aromatic carbocycles. The minimum absolute atomic E-state index is 0.336. The molecule has 4 rings (SSSR count). The van der Waals surface area contributed by atoms with Crippen molar-refractivity contribution in [2.45, 2.75) is 46.2 Å². The monoisotopic (exact) mass is 363 g/mol. The van der Waals surface area contributed by atoms with E-state index in [0.29, 0.717) is 5.92 Å². The van der Waals surface area contributed by atoms with Crippen molar-refractivity contribution in [3.8, 4) is 11.3 Å². The second kappa shape index (κ2) is 7.29. The van der Waals surface area contributed by atoms with E-state index in [9.17, 15) is 0 Å². The van der Waals surface area contributed by atoms with Crippen LogP contribution in [0, 0.1) is 6.92 Å². The fourth-order valence-corrected chi connectivity index (χ4v) is 4.23. The molecule has 0 unspecified atom stereocenters. The molecule has 1 aliphatic heterocycles. The van der Waals surface area contributed by atoms with Crippen molar-refractivity contribution >= 4 is 11.3 Å². The highest BCUT2D eigenvalue weighted by atomic mass is 32.1. The lowest BCUT2D eigenvalue weighted by Crippen LogP contribution is -2.32. The van der Waals surface area contributed by atoms with Gasteiger partial charge >= 0.3 is 0 Å². The Balaban J connectivity index is 1.68. The summed E-state index contributed by atoms with van der Waals surface area (Å²) in [6, 6.07) is 13.0. The van der Waals surface area contributed by atoms with Crippen molar-refractivity contribution in [3.05, 3.63) is 69.3 Å². The van der Waals surface area contributed by atoms with Crippen LogP contribution in [0.2, 0.25) is 0 Å². The van der Waals surface area contributed by atoms with Gasteiger partial charge in [0.15, 0.2) is 0 Å². The summed E-state index contributed by atoms with van der Waals surface area (Å²) in [4.78, 5) is 13.7. The lowest BCUT2D eigenvalue weighted by Gasteiger charge is -2.29. The quantitative estimate of drug-likeness (QED) is 0.638. The summed E-state index contributed by atoms with van der Waals surface area (Å²) in [5, 5.41) is 2.23. The van der Waals surface area contributed by atoms with E-state index in [1.54, 1.807) is 11.3 Å². The van der Waals surface area contributed by atoms with E-state index in [1.807, 2.05) is 0 Å². The predicted molar refractivity (Wildman–Crippen MR) is 108 cm³/mol. The molecule has 0 saturated carbocycles. The Morgan fingerprint density at radius 2 is 1.96 bits per heavy atom. The van der Waals surface area contributed by atoms with Gasteiger partial charge in [0.1, 0.15) is 5.82 Å². The molecule has 0 aliphatic carbocycles. The highest BCUT2D eigenvalue weighted by Crippen LogP contribution is 2.32. The van der Waals surface area contributed by atoms with Gasteiger partial charge < -0.3 is 0 Å². The Hall–Kier alpha value is -2.04. The second-order valence-corrected chi connectivity index (χ2v) is 8.52. The number of nitrogens with zero attached hydrogens (tertiary/aromatic N) is 3. The smallest absolute Gasteiger partial charge is 0.131 e. The molecule has 134 valence electrons. The van der Waals surface area contributed by atoms with Crippen LogP contribution in [0.5, 0.6) is 0 Å². The van der Waals surface area contributed by atoms with Crippen molar-refractivity contribution in [2.24, 2.45) is 0 Å². The van der Waals surface area contributed by atoms with E-state index in [1.165, 1.54) is 27.3 Å². The maximum absolute atomic E-state index is 4.96. The van der Waals surface area contributed by atoms with Gasteiger partial charge in [-0.05, 0) is 25.0 Å². The minimum atomic E-state index is 0.336. The van der Waals surface area contributed by atoms with Crippen molar-refractivity contribution < 1.29 is 0 Å². The average molecular weight is 364 g/mol. The van der Waals surface area contributed by atoms with Crippen LogP contribution in [0.3, 0.4) is 0 Å². The normalized spacial score (nSPS) is 14.6. The topological polar surface area (TPSA) is 29.0 Å². The van der Waals surface area contributed by atoms with E-state index in [2.05, 4.69) is 67.4 Å². The largest absolute Gasteiger partial charge is 0.293 e. The van der Waals surface area contributed by atoms with E-state index in [-0.39, 0.29) is 0 Å². The lowest BCUT2D eigenvalue weighted by atomic mass is 9.98. The molecule has 0 atom stereocenters. The van der Waals surface area contributed by atoms with Crippen LogP contribution in [-0.4, -0.2) is 21.4 Å². The maximum atomic E-state index is 4.96. The number of aryl methyl sites for hydroxylation is 1. The third-order valence-electron chi connectivity index (χ3n) is 4.93. The van der Waals surface area contributed by atoms with E-state index < -0.39 is 0 Å². The standard InChI is InChI=1S/C22H25N3S/c1-15(2)22-23-20-13-25(12-17-7-5-4-6-8-17)10-9-19(20)21(24-22)18-11-16(3)26-14-18/h4-8,11,14-15H,9-10,12-13H2,1-3H3. The van der Waals surface area contributed by atoms with Gasteiger partial charge in [0.05, 0.1) is 11.4 Å². The summed E-state index contributed by atoms with van der Waals surface area (Å²) in [5.41, 5.74) is 6.33. The zero-order valence-electron chi connectivity index (χ0n) is 15.7. The van der Waals surface area contributed by atoms with Crippen LogP contribution in [0.4, 0.5) is 0 Å². The minimum Gasteiger partial charge on any atom is -0.293 e. The van der Waals surface area contributed by atoms with Crippen molar-refractivity contribution in [3.63, 3.8) is 0 Å². The van der Waals surface area contributed by atoms with Gasteiger partial charge in [0.2, 0.25) is 0 Å². The van der Waals surface area contributed by atoms with E-state index in [0.717, 1.165) is 37.6 Å². The Kier molecular flexibility index (Phi) is 4.88. The highest BCUT2D eigenvalue weighted by Gasteiger charge is 2.24. The third-order valence-corrected chi connectivity index (χ3v) is 5.79. The van der Waals surface area contributed by atoms with Crippen LogP contribution in [0.25, 0.3) is 11.3 Å². The first kappa shape index (κ1) is 17.4. The molecule has 0 amide bonds. The van der Waals surface area contributed by atoms with E-state index >= 15 is 0 Å². The molecule has 0 bridgehead atoms. The summed E-state index contributed by atoms with van der Waals surface area (Å²) < 4.78 is 0. The van der Waals surface area contributed by atoms with Crippen molar-refractivity contribution in [2.75, 3.05) is 6.54 Å². The first-order valence-electron chi connectivity index (χ1n) is 9.31. The summed E-state index contributed by atoms with van der Waals surface area (Å²) >= 11 is 1.80. The maximum Gasteiger partial charge on any atom is 0.131 e. The summed E-state index contributed by atoms with van der Waals surface area (Å²) in [5.74, 6) is 1.30. The first-order valence-corrected chi connectivity index (χ1v) is 10.2. The number of hydrogen-bond acceptors (Lipinski definition) is 4. The molecule has 3 aromatic rings. The molecule has 0 fully saturated rings. The van der Waals surface area contributed by atoms with Gasteiger partial charge in [-0.15, -0.1) is 11.3 Å². The molecule has 3 nitrogen and oxygen atoms in total. The highest BCUT2D eigenvalue weighted by molar-refractivity contribution is 7.10. The van der Waals surface area contributed by atoms with Crippen LogP contribution >= 0.6 is 11.3 Å². The van der Waals surface area contributed by atoms with Crippen molar-refractivity contribution in [1.82, 2.24) is 14.9 Å². The molecule has 0 radical (unpaired) electrons. The van der Waals surface area contributed by atoms with E-state index in [4.69, 9.17) is 9.97 Å². The number of fused-ring (bicyclic) bond motifs is 1. The zero-order valence-corrected chi connectivity index (χ0v) is 16.5. The third kappa shape index (κ3) is 3.57. The van der Waals surface area contributed by atoms with Gasteiger partial charge in [-0.25, -0.2) is 9.97 Å². The molecular weight excluding hydrogens is 338 g/mol. The molecule has 3 heterocycles. The molecule has 0 N–H and O–H groups in total. The van der Waals surface area contributed by atoms with Crippen molar-refractivity contribution in [1.29, 1.82) is 0 Å². The van der Waals surface area contributed by atoms with Gasteiger partial charge in [-0.1, -0.05) is 44.2 Å². The number of aromatic nitrogens is 2. The number of benzene rings is 1. The number of rotatable bonds is 4. The van der Waals surface area contributed by atoms with Gasteiger partial charge in [0.25, 0.3) is 0 Å². The second-order valence-electron chi connectivity index (χ2n) is 7.40. The molecule has 26 heavy (non-hydrogen) atoms. The van der Waals surface area contributed by atoms with Crippen LogP contribution in [0.1, 0.15) is 47.3 Å². The Labute approximate surface area is 159 Å². The molecular formula is C22H25N3S. The Bertz CT molecular complexity index is 899. The summed E-state index contributed by atoms with van der Waals surface area (Å²) in [6.07, 6.45) is 1.02. The Morgan fingerprint density at radius 1 is 1.15 bits per heavy atom. The van der Waals surface area contributed by atoms with Gasteiger partial charge in [-0.3, -0.25) is 4.90 Å². The molecule has 2 aromatic heterocycles. The molecule has 0 saturated heterocycles. The van der Waals surface area contributed by atoms with Crippen LogP contribution in [0.15, 0.2) is 41.8 Å². The first-order chi connectivity index (χ1) is 12.6. The predicted octanol–water partition coefficient (Wildman–Crippen LogP) is 5.20.